The van der Waals surface area contributed by atoms with E-state index in [0.717, 1.165) is 11.3 Å². The first-order chi connectivity index (χ1) is 8.97. The van der Waals surface area contributed by atoms with E-state index in [4.69, 9.17) is 14.9 Å². The van der Waals surface area contributed by atoms with Crippen LogP contribution < -0.4 is 10.5 Å². The van der Waals surface area contributed by atoms with Crippen molar-refractivity contribution in [2.75, 3.05) is 5.73 Å². The number of oxazole rings is 1. The minimum absolute atomic E-state index is 0.0114. The summed E-state index contributed by atoms with van der Waals surface area (Å²) in [6, 6.07) is 7.28. The zero-order valence-electron chi connectivity index (χ0n) is 11.1. The van der Waals surface area contributed by atoms with E-state index in [0.29, 0.717) is 5.69 Å². The van der Waals surface area contributed by atoms with Gasteiger partial charge in [0.1, 0.15) is 11.4 Å². The SMILES string of the molecule is CC(=O)c1oc(N)nc1-c1ccc(OC(C)C)cc1. The fourth-order valence-electron chi connectivity index (χ4n) is 1.73. The smallest absolute Gasteiger partial charge is 0.293 e. The Morgan fingerprint density at radius 1 is 1.32 bits per heavy atom. The van der Waals surface area contributed by atoms with Gasteiger partial charge in [0, 0.05) is 12.5 Å². The van der Waals surface area contributed by atoms with Crippen LogP contribution >= 0.6 is 0 Å². The number of Topliss-reactive ketones (excluding diaryl/α,β-unsaturated/α-hetero) is 1. The molecule has 19 heavy (non-hydrogen) atoms. The Kier molecular flexibility index (Phi) is 3.55. The van der Waals surface area contributed by atoms with Crippen LogP contribution in [0.3, 0.4) is 0 Å². The molecule has 0 saturated carbocycles. The molecular formula is C14H16N2O3. The molecule has 0 spiro atoms. The number of nitrogens with two attached hydrogens (primary N) is 1. The molecule has 0 atom stereocenters. The molecule has 0 bridgehead atoms. The molecule has 0 aliphatic carbocycles. The lowest BCUT2D eigenvalue weighted by molar-refractivity contribution is 0.0989. The van der Waals surface area contributed by atoms with Crippen molar-refractivity contribution in [3.8, 4) is 17.0 Å². The van der Waals surface area contributed by atoms with Crippen molar-refractivity contribution in [2.45, 2.75) is 26.9 Å². The van der Waals surface area contributed by atoms with Crippen molar-refractivity contribution in [1.82, 2.24) is 4.98 Å². The van der Waals surface area contributed by atoms with Gasteiger partial charge in [-0.3, -0.25) is 4.79 Å². The Hall–Kier alpha value is -2.30. The van der Waals surface area contributed by atoms with E-state index in [1.165, 1.54) is 6.92 Å². The van der Waals surface area contributed by atoms with Gasteiger partial charge in [-0.15, -0.1) is 0 Å². The summed E-state index contributed by atoms with van der Waals surface area (Å²) >= 11 is 0. The highest BCUT2D eigenvalue weighted by molar-refractivity contribution is 5.97. The molecule has 1 heterocycles. The van der Waals surface area contributed by atoms with Crippen LogP contribution in [0, 0.1) is 0 Å². The molecular weight excluding hydrogens is 244 g/mol. The van der Waals surface area contributed by atoms with Crippen LogP contribution in [-0.4, -0.2) is 16.9 Å². The third kappa shape index (κ3) is 2.93. The maximum absolute atomic E-state index is 11.5. The highest BCUT2D eigenvalue weighted by Crippen LogP contribution is 2.27. The summed E-state index contributed by atoms with van der Waals surface area (Å²) in [5.74, 6) is 0.733. The van der Waals surface area contributed by atoms with Crippen LogP contribution in [0.5, 0.6) is 5.75 Å². The number of rotatable bonds is 4. The van der Waals surface area contributed by atoms with Crippen LogP contribution in [0.15, 0.2) is 28.7 Å². The maximum Gasteiger partial charge on any atom is 0.293 e. The van der Waals surface area contributed by atoms with Crippen molar-refractivity contribution in [3.63, 3.8) is 0 Å². The van der Waals surface area contributed by atoms with E-state index in [9.17, 15) is 4.79 Å². The largest absolute Gasteiger partial charge is 0.491 e. The number of carbonyl (C=O) groups excluding carboxylic acids is 1. The first-order valence-electron chi connectivity index (χ1n) is 6.01. The second kappa shape index (κ2) is 5.14. The monoisotopic (exact) mass is 260 g/mol. The minimum atomic E-state index is -0.207. The fraction of sp³-hybridized carbons (Fsp3) is 0.286. The highest BCUT2D eigenvalue weighted by atomic mass is 16.5. The second-order valence-electron chi connectivity index (χ2n) is 4.48. The number of hydrogen-bond acceptors (Lipinski definition) is 5. The normalized spacial score (nSPS) is 10.7. The Morgan fingerprint density at radius 3 is 2.47 bits per heavy atom. The fourth-order valence-corrected chi connectivity index (χ4v) is 1.73. The van der Waals surface area contributed by atoms with Gasteiger partial charge in [-0.1, -0.05) is 0 Å². The first kappa shape index (κ1) is 13.1. The molecule has 1 aromatic heterocycles. The zero-order valence-corrected chi connectivity index (χ0v) is 11.1. The van der Waals surface area contributed by atoms with Crippen LogP contribution in [0.1, 0.15) is 31.3 Å². The van der Waals surface area contributed by atoms with Gasteiger partial charge in [-0.05, 0) is 38.1 Å². The molecule has 0 radical (unpaired) electrons. The number of nitrogens with zero attached hydrogens (tertiary/aromatic N) is 1. The van der Waals surface area contributed by atoms with Gasteiger partial charge >= 0.3 is 0 Å². The quantitative estimate of drug-likeness (QED) is 0.855. The predicted molar refractivity (Wildman–Crippen MR) is 72.1 cm³/mol. The molecule has 0 saturated heterocycles. The van der Waals surface area contributed by atoms with Crippen LogP contribution in [-0.2, 0) is 0 Å². The van der Waals surface area contributed by atoms with Crippen LogP contribution in [0.25, 0.3) is 11.3 Å². The van der Waals surface area contributed by atoms with Crippen molar-refractivity contribution in [2.24, 2.45) is 0 Å². The number of carbonyl (C=O) groups is 1. The molecule has 2 rings (SSSR count). The number of benzene rings is 1. The van der Waals surface area contributed by atoms with Crippen molar-refractivity contribution in [1.29, 1.82) is 0 Å². The van der Waals surface area contributed by atoms with Gasteiger partial charge < -0.3 is 14.9 Å². The zero-order chi connectivity index (χ0) is 14.0. The van der Waals surface area contributed by atoms with Crippen LogP contribution in [0.4, 0.5) is 6.01 Å². The van der Waals surface area contributed by atoms with Gasteiger partial charge in [-0.25, -0.2) is 0 Å². The topological polar surface area (TPSA) is 78.4 Å². The van der Waals surface area contributed by atoms with Gasteiger partial charge in [0.25, 0.3) is 6.01 Å². The standard InChI is InChI=1S/C14H16N2O3/c1-8(2)18-11-6-4-10(5-7-11)12-13(9(3)17)19-14(15)16-12/h4-8H,1-3H3,(H2,15,16). The van der Waals surface area contributed by atoms with Gasteiger partial charge in [0.05, 0.1) is 6.10 Å². The van der Waals surface area contributed by atoms with Gasteiger partial charge in [-0.2, -0.15) is 4.98 Å². The summed E-state index contributed by atoms with van der Waals surface area (Å²) in [6.45, 7) is 5.33. The molecule has 100 valence electrons. The predicted octanol–water partition coefficient (Wildman–Crippen LogP) is 2.91. The minimum Gasteiger partial charge on any atom is -0.491 e. The van der Waals surface area contributed by atoms with Gasteiger partial charge in [0.2, 0.25) is 0 Å². The molecule has 5 nitrogen and oxygen atoms in total. The van der Waals surface area contributed by atoms with E-state index >= 15 is 0 Å². The summed E-state index contributed by atoms with van der Waals surface area (Å²) in [6.07, 6.45) is 0.112. The van der Waals surface area contributed by atoms with Crippen LogP contribution in [0.2, 0.25) is 0 Å². The summed E-state index contributed by atoms with van der Waals surface area (Å²) in [7, 11) is 0. The Bertz CT molecular complexity index is 585. The van der Waals surface area contributed by atoms with Crippen molar-refractivity contribution >= 4 is 11.8 Å². The molecule has 0 aliphatic heterocycles. The van der Waals surface area contributed by atoms with E-state index in [1.54, 1.807) is 0 Å². The number of nitrogen functional groups attached to an aromatic ring is 1. The Labute approximate surface area is 111 Å². The number of anilines is 1. The Morgan fingerprint density at radius 2 is 1.95 bits per heavy atom. The third-order valence-electron chi connectivity index (χ3n) is 2.46. The maximum atomic E-state index is 11.5. The average Bonchev–Trinajstić information content (AvgIpc) is 2.72. The number of ether oxygens (including phenoxy) is 1. The highest BCUT2D eigenvalue weighted by Gasteiger charge is 2.17. The molecule has 2 aromatic rings. The molecule has 5 heteroatoms. The average molecular weight is 260 g/mol. The molecule has 2 N–H and O–H groups in total. The second-order valence-corrected chi connectivity index (χ2v) is 4.48. The summed E-state index contributed by atoms with van der Waals surface area (Å²) in [5.41, 5.74) is 6.72. The van der Waals surface area contributed by atoms with Crippen molar-refractivity contribution in [3.05, 3.63) is 30.0 Å². The lowest BCUT2D eigenvalue weighted by atomic mass is 10.1. The lowest BCUT2D eigenvalue weighted by Gasteiger charge is -2.09. The van der Waals surface area contributed by atoms with Crippen molar-refractivity contribution < 1.29 is 13.9 Å². The van der Waals surface area contributed by atoms with E-state index in [1.807, 2.05) is 38.1 Å². The van der Waals surface area contributed by atoms with Gasteiger partial charge in [0.15, 0.2) is 11.5 Å². The van der Waals surface area contributed by atoms with E-state index < -0.39 is 0 Å². The molecule has 0 unspecified atom stereocenters. The van der Waals surface area contributed by atoms with E-state index in [2.05, 4.69) is 4.98 Å². The number of ketones is 1. The third-order valence-corrected chi connectivity index (χ3v) is 2.46. The molecule has 0 aliphatic rings. The molecule has 0 fully saturated rings. The summed E-state index contributed by atoms with van der Waals surface area (Å²) < 4.78 is 10.7. The molecule has 1 aromatic carbocycles. The number of hydrogen-bond donors (Lipinski definition) is 1. The first-order valence-corrected chi connectivity index (χ1v) is 6.01. The Balaban J connectivity index is 2.34. The summed E-state index contributed by atoms with van der Waals surface area (Å²) in [5, 5.41) is 0. The lowest BCUT2D eigenvalue weighted by Crippen LogP contribution is -2.05. The summed E-state index contributed by atoms with van der Waals surface area (Å²) in [4.78, 5) is 15.5. The number of aromatic nitrogens is 1. The molecule has 0 amide bonds. The van der Waals surface area contributed by atoms with E-state index in [-0.39, 0.29) is 23.7 Å².